The highest BCUT2D eigenvalue weighted by Crippen LogP contribution is 2.41. The minimum atomic E-state index is -0.346. The van der Waals surface area contributed by atoms with Crippen LogP contribution in [0.5, 0.6) is 0 Å². The molecule has 0 radical (unpaired) electrons. The Morgan fingerprint density at radius 1 is 1.09 bits per heavy atom. The number of benzene rings is 2. The molecule has 0 spiro atoms. The predicted octanol–water partition coefficient (Wildman–Crippen LogP) is 4.37. The minimum Gasteiger partial charge on any atom is -0.359 e. The molecule has 5 rings (SSSR count). The van der Waals surface area contributed by atoms with E-state index in [1.165, 1.54) is 6.07 Å². The maximum absolute atomic E-state index is 14.7. The van der Waals surface area contributed by atoms with Crippen molar-refractivity contribution in [1.29, 1.82) is 0 Å². The zero-order chi connectivity index (χ0) is 24.7. The molecule has 1 saturated heterocycles. The molecular formula is C28H29FN4O2. The third kappa shape index (κ3) is 4.51. The Morgan fingerprint density at radius 3 is 2.54 bits per heavy atom. The van der Waals surface area contributed by atoms with E-state index in [1.54, 1.807) is 24.3 Å². The number of hydrogen-bond donors (Lipinski definition) is 3. The number of carbonyl (C=O) groups is 2. The first-order valence-corrected chi connectivity index (χ1v) is 11.9. The van der Waals surface area contributed by atoms with Crippen molar-refractivity contribution in [3.8, 4) is 11.1 Å². The molecule has 2 aliphatic rings. The summed E-state index contributed by atoms with van der Waals surface area (Å²) in [6, 6.07) is 14.4. The van der Waals surface area contributed by atoms with Crippen molar-refractivity contribution in [3.05, 3.63) is 76.9 Å². The molecule has 7 heteroatoms. The molecule has 2 amide bonds. The highest BCUT2D eigenvalue weighted by atomic mass is 19.1. The number of anilines is 1. The van der Waals surface area contributed by atoms with E-state index in [0.717, 1.165) is 11.3 Å². The molecule has 0 saturated carbocycles. The highest BCUT2D eigenvalue weighted by molar-refractivity contribution is 6.36. The van der Waals surface area contributed by atoms with Crippen LogP contribution in [0, 0.1) is 12.7 Å². The summed E-state index contributed by atoms with van der Waals surface area (Å²) in [6.07, 6.45) is 2.02. The number of rotatable bonds is 4. The summed E-state index contributed by atoms with van der Waals surface area (Å²) in [6.45, 7) is 7.43. The normalized spacial score (nSPS) is 20.7. The number of aryl methyl sites for hydroxylation is 1. The minimum absolute atomic E-state index is 0.0622. The Bertz CT molecular complexity index is 1330. The van der Waals surface area contributed by atoms with Gasteiger partial charge in [-0.2, -0.15) is 0 Å². The quantitative estimate of drug-likeness (QED) is 0.494. The van der Waals surface area contributed by atoms with E-state index in [9.17, 15) is 14.0 Å². The third-order valence-electron chi connectivity index (χ3n) is 6.60. The fourth-order valence-corrected chi connectivity index (χ4v) is 5.18. The largest absolute Gasteiger partial charge is 0.359 e. The van der Waals surface area contributed by atoms with Crippen LogP contribution in [0.2, 0.25) is 0 Å². The number of hydrogen-bond acceptors (Lipinski definition) is 3. The van der Waals surface area contributed by atoms with Crippen molar-refractivity contribution in [3.63, 3.8) is 0 Å². The van der Waals surface area contributed by atoms with Crippen LogP contribution in [-0.2, 0) is 16.0 Å². The summed E-state index contributed by atoms with van der Waals surface area (Å²) in [5.41, 5.74) is 5.30. The number of piperazine rings is 1. The number of carbonyl (C=O) groups excluding carboxylic acids is 2. The Kier molecular flexibility index (Phi) is 6.03. The van der Waals surface area contributed by atoms with Gasteiger partial charge in [0, 0.05) is 53.4 Å². The molecule has 1 fully saturated rings. The molecule has 1 aromatic heterocycles. The van der Waals surface area contributed by atoms with Crippen LogP contribution in [0.15, 0.2) is 48.5 Å². The van der Waals surface area contributed by atoms with E-state index >= 15 is 0 Å². The smallest absolute Gasteiger partial charge is 0.256 e. The van der Waals surface area contributed by atoms with Crippen molar-refractivity contribution >= 4 is 29.2 Å². The van der Waals surface area contributed by atoms with Crippen LogP contribution in [0.25, 0.3) is 22.8 Å². The SMILES string of the molecule is Cc1cc(CC(=O)N2C[C@@H](C)N[C@@H](C)C2)c(C=C2C(=O)Nc3cccc(-c4ccccc4F)c32)[nH]1. The highest BCUT2D eigenvalue weighted by Gasteiger charge is 2.29. The summed E-state index contributed by atoms with van der Waals surface area (Å²) in [5, 5.41) is 6.35. The van der Waals surface area contributed by atoms with Crippen molar-refractivity contribution in [2.75, 3.05) is 18.4 Å². The topological polar surface area (TPSA) is 77.2 Å². The van der Waals surface area contributed by atoms with Gasteiger partial charge in [-0.1, -0.05) is 30.3 Å². The Balaban J connectivity index is 1.51. The van der Waals surface area contributed by atoms with Gasteiger partial charge in [0.1, 0.15) is 5.82 Å². The van der Waals surface area contributed by atoms with Gasteiger partial charge in [-0.05, 0) is 56.2 Å². The monoisotopic (exact) mass is 472 g/mol. The zero-order valence-electron chi connectivity index (χ0n) is 20.1. The van der Waals surface area contributed by atoms with Crippen LogP contribution in [0.4, 0.5) is 10.1 Å². The summed E-state index contributed by atoms with van der Waals surface area (Å²) < 4.78 is 14.7. The second-order valence-electron chi connectivity index (χ2n) is 9.56. The number of halogens is 1. The van der Waals surface area contributed by atoms with Crippen molar-refractivity contribution in [2.24, 2.45) is 0 Å². The predicted molar refractivity (Wildman–Crippen MR) is 136 cm³/mol. The van der Waals surface area contributed by atoms with Crippen LogP contribution < -0.4 is 10.6 Å². The third-order valence-corrected chi connectivity index (χ3v) is 6.60. The molecule has 0 aliphatic carbocycles. The number of aromatic nitrogens is 1. The maximum atomic E-state index is 14.7. The van der Waals surface area contributed by atoms with E-state index in [0.29, 0.717) is 46.7 Å². The van der Waals surface area contributed by atoms with Gasteiger partial charge in [0.05, 0.1) is 12.0 Å². The first-order valence-electron chi connectivity index (χ1n) is 11.9. The van der Waals surface area contributed by atoms with Crippen LogP contribution in [0.3, 0.4) is 0 Å². The number of amides is 2. The fraction of sp³-hybridized carbons (Fsp3) is 0.286. The standard InChI is InChI=1S/C28H29FN4O2/c1-16-11-19(12-26(34)33-14-17(2)30-18(3)15-33)25(31-16)13-22-27-21(20-7-4-5-9-23(20)29)8-6-10-24(27)32-28(22)35/h4-11,13,17-18,30-31H,12,14-15H2,1-3H3,(H,32,35)/t17-,18+. The molecule has 6 nitrogen and oxygen atoms in total. The van der Waals surface area contributed by atoms with Gasteiger partial charge < -0.3 is 20.5 Å². The van der Waals surface area contributed by atoms with Crippen LogP contribution >= 0.6 is 0 Å². The average Bonchev–Trinajstić information content (AvgIpc) is 3.32. The summed E-state index contributed by atoms with van der Waals surface area (Å²) >= 11 is 0. The Hall–Kier alpha value is -3.71. The Labute approximate surface area is 204 Å². The van der Waals surface area contributed by atoms with Crippen molar-refractivity contribution < 1.29 is 14.0 Å². The summed E-state index contributed by atoms with van der Waals surface area (Å²) in [5.74, 6) is -0.536. The molecule has 180 valence electrons. The molecule has 2 aliphatic heterocycles. The molecular weight excluding hydrogens is 443 g/mol. The van der Waals surface area contributed by atoms with Gasteiger partial charge in [-0.3, -0.25) is 9.59 Å². The number of nitrogens with one attached hydrogen (secondary N) is 3. The van der Waals surface area contributed by atoms with Crippen molar-refractivity contribution in [1.82, 2.24) is 15.2 Å². The average molecular weight is 473 g/mol. The maximum Gasteiger partial charge on any atom is 0.256 e. The van der Waals surface area contributed by atoms with Crippen molar-refractivity contribution in [2.45, 2.75) is 39.3 Å². The molecule has 2 aromatic carbocycles. The molecule has 3 N–H and O–H groups in total. The molecule has 3 heterocycles. The second kappa shape index (κ2) is 9.15. The lowest BCUT2D eigenvalue weighted by atomic mass is 9.93. The van der Waals surface area contributed by atoms with Gasteiger partial charge in [-0.25, -0.2) is 4.39 Å². The number of aromatic amines is 1. The molecule has 0 bridgehead atoms. The Morgan fingerprint density at radius 2 is 1.80 bits per heavy atom. The first kappa shape index (κ1) is 23.1. The molecule has 0 unspecified atom stereocenters. The van der Waals surface area contributed by atoms with Gasteiger partial charge in [0.15, 0.2) is 0 Å². The lowest BCUT2D eigenvalue weighted by Crippen LogP contribution is -2.56. The summed E-state index contributed by atoms with van der Waals surface area (Å²) in [4.78, 5) is 31.3. The lowest BCUT2D eigenvalue weighted by Gasteiger charge is -2.36. The zero-order valence-corrected chi connectivity index (χ0v) is 20.1. The number of nitrogens with zero attached hydrogens (tertiary/aromatic N) is 1. The van der Waals surface area contributed by atoms with E-state index in [4.69, 9.17) is 0 Å². The molecule has 3 aromatic rings. The van der Waals surface area contributed by atoms with Gasteiger partial charge in [0.2, 0.25) is 5.91 Å². The molecule has 2 atom stereocenters. The first-order chi connectivity index (χ1) is 16.8. The van der Waals surface area contributed by atoms with Crippen LogP contribution in [-0.4, -0.2) is 46.9 Å². The van der Waals surface area contributed by atoms with E-state index < -0.39 is 0 Å². The van der Waals surface area contributed by atoms with Crippen LogP contribution in [0.1, 0.15) is 36.4 Å². The van der Waals surface area contributed by atoms with E-state index in [-0.39, 0.29) is 36.1 Å². The lowest BCUT2D eigenvalue weighted by molar-refractivity contribution is -0.132. The second-order valence-corrected chi connectivity index (χ2v) is 9.56. The molecule has 35 heavy (non-hydrogen) atoms. The van der Waals surface area contributed by atoms with E-state index in [2.05, 4.69) is 29.5 Å². The number of H-pyrrole nitrogens is 1. The van der Waals surface area contributed by atoms with Gasteiger partial charge in [-0.15, -0.1) is 0 Å². The van der Waals surface area contributed by atoms with E-state index in [1.807, 2.05) is 36.1 Å². The summed E-state index contributed by atoms with van der Waals surface area (Å²) in [7, 11) is 0. The van der Waals surface area contributed by atoms with Gasteiger partial charge in [0.25, 0.3) is 5.91 Å². The fourth-order valence-electron chi connectivity index (χ4n) is 5.18. The number of fused-ring (bicyclic) bond motifs is 1. The van der Waals surface area contributed by atoms with Gasteiger partial charge >= 0.3 is 0 Å².